The molecule has 4 nitrogen and oxygen atoms in total. The SMILES string of the molecule is Cc1ccccc1Cc1csc(NC(=O)CCN)n1. The highest BCUT2D eigenvalue weighted by Crippen LogP contribution is 2.19. The molecule has 2 aromatic rings. The number of thiazole rings is 1. The van der Waals surface area contributed by atoms with E-state index in [2.05, 4.69) is 29.4 Å². The third-order valence-electron chi connectivity index (χ3n) is 2.80. The molecule has 0 spiro atoms. The second-order valence-electron chi connectivity index (χ2n) is 4.33. The van der Waals surface area contributed by atoms with Gasteiger partial charge in [-0.2, -0.15) is 0 Å². The van der Waals surface area contributed by atoms with Crippen LogP contribution in [0.15, 0.2) is 29.6 Å². The number of nitrogens with two attached hydrogens (primary N) is 1. The van der Waals surface area contributed by atoms with Crippen LogP contribution in [0.4, 0.5) is 5.13 Å². The molecule has 0 radical (unpaired) electrons. The molecule has 1 aromatic carbocycles. The molecule has 2 rings (SSSR count). The molecule has 0 atom stereocenters. The maximum Gasteiger partial charge on any atom is 0.227 e. The Labute approximate surface area is 116 Å². The van der Waals surface area contributed by atoms with Crippen molar-refractivity contribution in [1.29, 1.82) is 0 Å². The first-order valence-corrected chi connectivity index (χ1v) is 7.06. The smallest absolute Gasteiger partial charge is 0.227 e. The lowest BCUT2D eigenvalue weighted by atomic mass is 10.1. The van der Waals surface area contributed by atoms with E-state index in [1.54, 1.807) is 0 Å². The summed E-state index contributed by atoms with van der Waals surface area (Å²) < 4.78 is 0. The predicted molar refractivity (Wildman–Crippen MR) is 78.4 cm³/mol. The average Bonchev–Trinajstić information content (AvgIpc) is 2.80. The Hall–Kier alpha value is -1.72. The van der Waals surface area contributed by atoms with Crippen LogP contribution in [0.5, 0.6) is 0 Å². The summed E-state index contributed by atoms with van der Waals surface area (Å²) in [5.74, 6) is -0.0840. The fourth-order valence-corrected chi connectivity index (χ4v) is 2.49. The van der Waals surface area contributed by atoms with Crippen molar-refractivity contribution in [2.75, 3.05) is 11.9 Å². The van der Waals surface area contributed by atoms with Crippen LogP contribution in [0.3, 0.4) is 0 Å². The minimum atomic E-state index is -0.0840. The highest BCUT2D eigenvalue weighted by atomic mass is 32.1. The van der Waals surface area contributed by atoms with Gasteiger partial charge >= 0.3 is 0 Å². The third-order valence-corrected chi connectivity index (χ3v) is 3.61. The quantitative estimate of drug-likeness (QED) is 0.880. The average molecular weight is 275 g/mol. The number of hydrogen-bond acceptors (Lipinski definition) is 4. The molecule has 100 valence electrons. The van der Waals surface area contributed by atoms with E-state index in [0.29, 0.717) is 18.1 Å². The zero-order valence-corrected chi connectivity index (χ0v) is 11.7. The predicted octanol–water partition coefficient (Wildman–Crippen LogP) is 2.33. The van der Waals surface area contributed by atoms with E-state index in [9.17, 15) is 4.79 Å². The van der Waals surface area contributed by atoms with Crippen LogP contribution in [0.2, 0.25) is 0 Å². The minimum Gasteiger partial charge on any atom is -0.330 e. The molecule has 0 fully saturated rings. The van der Waals surface area contributed by atoms with E-state index in [4.69, 9.17) is 5.73 Å². The summed E-state index contributed by atoms with van der Waals surface area (Å²) >= 11 is 1.44. The van der Waals surface area contributed by atoms with Gasteiger partial charge < -0.3 is 11.1 Å². The van der Waals surface area contributed by atoms with Gasteiger partial charge in [-0.1, -0.05) is 24.3 Å². The second-order valence-corrected chi connectivity index (χ2v) is 5.19. The maximum absolute atomic E-state index is 11.4. The summed E-state index contributed by atoms with van der Waals surface area (Å²) in [6.45, 7) is 2.44. The molecule has 1 amide bonds. The van der Waals surface area contributed by atoms with Crippen LogP contribution in [0, 0.1) is 6.92 Å². The molecule has 1 heterocycles. The largest absolute Gasteiger partial charge is 0.330 e. The second kappa shape index (κ2) is 6.45. The highest BCUT2D eigenvalue weighted by molar-refractivity contribution is 7.13. The van der Waals surface area contributed by atoms with Gasteiger partial charge in [0.25, 0.3) is 0 Å². The molecule has 0 bridgehead atoms. The standard InChI is InChI=1S/C14H17N3OS/c1-10-4-2-3-5-11(10)8-12-9-19-14(16-12)17-13(18)6-7-15/h2-5,9H,6-8,15H2,1H3,(H,16,17,18). The first-order chi connectivity index (χ1) is 9.19. The van der Waals surface area contributed by atoms with Crippen LogP contribution in [0.25, 0.3) is 0 Å². The van der Waals surface area contributed by atoms with E-state index >= 15 is 0 Å². The topological polar surface area (TPSA) is 68.0 Å². The molecule has 0 saturated heterocycles. The molecule has 19 heavy (non-hydrogen) atoms. The van der Waals surface area contributed by atoms with Gasteiger partial charge in [-0.15, -0.1) is 11.3 Å². The normalized spacial score (nSPS) is 10.4. The number of amides is 1. The lowest BCUT2D eigenvalue weighted by molar-refractivity contribution is -0.116. The molecular formula is C14H17N3OS. The number of aryl methyl sites for hydroxylation is 1. The van der Waals surface area contributed by atoms with Crippen molar-refractivity contribution in [3.63, 3.8) is 0 Å². The van der Waals surface area contributed by atoms with Gasteiger partial charge in [0.05, 0.1) is 5.69 Å². The van der Waals surface area contributed by atoms with Crippen LogP contribution in [-0.4, -0.2) is 17.4 Å². The van der Waals surface area contributed by atoms with E-state index < -0.39 is 0 Å². The zero-order valence-electron chi connectivity index (χ0n) is 10.8. The number of rotatable bonds is 5. The van der Waals surface area contributed by atoms with Crippen molar-refractivity contribution < 1.29 is 4.79 Å². The summed E-state index contributed by atoms with van der Waals surface area (Å²) in [7, 11) is 0. The number of nitrogens with one attached hydrogen (secondary N) is 1. The monoisotopic (exact) mass is 275 g/mol. The van der Waals surface area contributed by atoms with Crippen molar-refractivity contribution in [3.05, 3.63) is 46.5 Å². The van der Waals surface area contributed by atoms with Crippen molar-refractivity contribution in [2.24, 2.45) is 5.73 Å². The van der Waals surface area contributed by atoms with E-state index in [1.807, 2.05) is 17.5 Å². The Bertz CT molecular complexity index is 565. The van der Waals surface area contributed by atoms with Gasteiger partial charge in [0.1, 0.15) is 0 Å². The number of anilines is 1. The number of carbonyl (C=O) groups is 1. The molecule has 1 aromatic heterocycles. The van der Waals surface area contributed by atoms with Crippen molar-refractivity contribution in [3.8, 4) is 0 Å². The summed E-state index contributed by atoms with van der Waals surface area (Å²) in [5, 5.41) is 5.37. The van der Waals surface area contributed by atoms with Gasteiger partial charge in [0.2, 0.25) is 5.91 Å². The van der Waals surface area contributed by atoms with Crippen molar-refractivity contribution in [2.45, 2.75) is 19.8 Å². The number of benzene rings is 1. The number of aromatic nitrogens is 1. The molecule has 3 N–H and O–H groups in total. The Kier molecular flexibility index (Phi) is 4.65. The maximum atomic E-state index is 11.4. The van der Waals surface area contributed by atoms with Crippen LogP contribution >= 0.6 is 11.3 Å². The van der Waals surface area contributed by atoms with Crippen molar-refractivity contribution >= 4 is 22.4 Å². The lowest BCUT2D eigenvalue weighted by Gasteiger charge is -2.02. The van der Waals surface area contributed by atoms with Crippen LogP contribution in [-0.2, 0) is 11.2 Å². The minimum absolute atomic E-state index is 0.0840. The van der Waals surface area contributed by atoms with E-state index in [-0.39, 0.29) is 5.91 Å². The molecule has 0 aliphatic rings. The summed E-state index contributed by atoms with van der Waals surface area (Å²) in [5.41, 5.74) is 8.81. The van der Waals surface area contributed by atoms with Crippen LogP contribution < -0.4 is 11.1 Å². The number of hydrogen-bond donors (Lipinski definition) is 2. The lowest BCUT2D eigenvalue weighted by Crippen LogP contribution is -2.16. The molecule has 0 saturated carbocycles. The Morgan fingerprint density at radius 2 is 2.21 bits per heavy atom. The number of carbonyl (C=O) groups excluding carboxylic acids is 1. The highest BCUT2D eigenvalue weighted by Gasteiger charge is 2.07. The van der Waals surface area contributed by atoms with Gasteiger partial charge in [0.15, 0.2) is 5.13 Å². The first-order valence-electron chi connectivity index (χ1n) is 6.18. The van der Waals surface area contributed by atoms with E-state index in [0.717, 1.165) is 12.1 Å². The third kappa shape index (κ3) is 3.87. The molecule has 0 aliphatic heterocycles. The fraction of sp³-hybridized carbons (Fsp3) is 0.286. The summed E-state index contributed by atoms with van der Waals surface area (Å²) in [4.78, 5) is 15.8. The molecular weight excluding hydrogens is 258 g/mol. The Morgan fingerprint density at radius 1 is 1.42 bits per heavy atom. The zero-order chi connectivity index (χ0) is 13.7. The van der Waals surface area contributed by atoms with Gasteiger partial charge in [-0.3, -0.25) is 4.79 Å². The molecule has 0 aliphatic carbocycles. The molecule has 0 unspecified atom stereocenters. The van der Waals surface area contributed by atoms with Crippen molar-refractivity contribution in [1.82, 2.24) is 4.98 Å². The summed E-state index contributed by atoms with van der Waals surface area (Å²) in [6.07, 6.45) is 1.11. The van der Waals surface area contributed by atoms with E-state index in [1.165, 1.54) is 22.5 Å². The first kappa shape index (κ1) is 13.7. The van der Waals surface area contributed by atoms with Crippen LogP contribution in [0.1, 0.15) is 23.2 Å². The molecule has 5 heteroatoms. The Morgan fingerprint density at radius 3 is 2.95 bits per heavy atom. The Balaban J connectivity index is 2.02. The van der Waals surface area contributed by atoms with Gasteiger partial charge in [0, 0.05) is 24.8 Å². The van der Waals surface area contributed by atoms with Gasteiger partial charge in [-0.05, 0) is 18.1 Å². The number of nitrogens with zero attached hydrogens (tertiary/aromatic N) is 1. The summed E-state index contributed by atoms with van der Waals surface area (Å²) in [6, 6.07) is 8.24. The fourth-order valence-electron chi connectivity index (χ4n) is 1.76. The van der Waals surface area contributed by atoms with Gasteiger partial charge in [-0.25, -0.2) is 4.98 Å².